The lowest BCUT2D eigenvalue weighted by Crippen LogP contribution is -2.37. The molecule has 3 aromatic rings. The number of piperidine rings is 1. The third-order valence-corrected chi connectivity index (χ3v) is 8.85. The van der Waals surface area contributed by atoms with Crippen LogP contribution in [-0.2, 0) is 24.8 Å². The molecule has 180 valence electrons. The molecule has 1 fully saturated rings. The SMILES string of the molecule is CS(=O)(=O)N(CC(=O)Nc1ccc(S(=O)(=O)N2CCCCC2)cc1)c1cccc2ccccc12. The van der Waals surface area contributed by atoms with Crippen LogP contribution >= 0.6 is 0 Å². The summed E-state index contributed by atoms with van der Waals surface area (Å²) in [6, 6.07) is 18.6. The van der Waals surface area contributed by atoms with Gasteiger partial charge in [0.2, 0.25) is 26.0 Å². The van der Waals surface area contributed by atoms with E-state index in [9.17, 15) is 21.6 Å². The van der Waals surface area contributed by atoms with Gasteiger partial charge in [-0.2, -0.15) is 4.31 Å². The van der Waals surface area contributed by atoms with Crippen LogP contribution in [0.2, 0.25) is 0 Å². The lowest BCUT2D eigenvalue weighted by molar-refractivity contribution is -0.114. The largest absolute Gasteiger partial charge is 0.325 e. The maximum atomic E-state index is 12.8. The normalized spacial score (nSPS) is 15.2. The molecule has 0 bridgehead atoms. The minimum atomic E-state index is -3.75. The van der Waals surface area contributed by atoms with Crippen molar-refractivity contribution in [3.05, 3.63) is 66.7 Å². The standard InChI is InChI=1S/C24H27N3O5S2/c1-33(29,30)27(23-11-7-9-19-8-3-4-10-22(19)23)18-24(28)25-20-12-14-21(15-13-20)34(31,32)26-16-5-2-6-17-26/h3-4,7-15H,2,5-6,16-18H2,1H3,(H,25,28). The summed E-state index contributed by atoms with van der Waals surface area (Å²) in [7, 11) is -7.32. The van der Waals surface area contributed by atoms with Gasteiger partial charge in [-0.05, 0) is 48.6 Å². The molecule has 10 heteroatoms. The van der Waals surface area contributed by atoms with Gasteiger partial charge in [0.15, 0.2) is 0 Å². The molecule has 0 aliphatic carbocycles. The van der Waals surface area contributed by atoms with E-state index in [2.05, 4.69) is 5.32 Å². The Morgan fingerprint density at radius 2 is 1.53 bits per heavy atom. The van der Waals surface area contributed by atoms with Crippen LogP contribution in [0.1, 0.15) is 19.3 Å². The number of carbonyl (C=O) groups is 1. The van der Waals surface area contributed by atoms with Crippen LogP contribution < -0.4 is 9.62 Å². The second-order valence-electron chi connectivity index (χ2n) is 8.31. The molecule has 4 rings (SSSR count). The highest BCUT2D eigenvalue weighted by Gasteiger charge is 2.26. The molecule has 0 atom stereocenters. The van der Waals surface area contributed by atoms with Crippen LogP contribution in [0.5, 0.6) is 0 Å². The topological polar surface area (TPSA) is 104 Å². The predicted octanol–water partition coefficient (Wildman–Crippen LogP) is 3.42. The number of benzene rings is 3. The summed E-state index contributed by atoms with van der Waals surface area (Å²) in [5.41, 5.74) is 0.799. The van der Waals surface area contributed by atoms with E-state index in [1.54, 1.807) is 12.1 Å². The fourth-order valence-electron chi connectivity index (χ4n) is 4.10. The number of amides is 1. The molecule has 1 heterocycles. The van der Waals surface area contributed by atoms with Gasteiger partial charge >= 0.3 is 0 Å². The zero-order chi connectivity index (χ0) is 24.3. The van der Waals surface area contributed by atoms with E-state index in [1.165, 1.54) is 28.6 Å². The fraction of sp³-hybridized carbons (Fsp3) is 0.292. The molecule has 0 spiro atoms. The lowest BCUT2D eigenvalue weighted by atomic mass is 10.1. The molecule has 1 aliphatic heterocycles. The molecule has 34 heavy (non-hydrogen) atoms. The van der Waals surface area contributed by atoms with Crippen molar-refractivity contribution in [2.75, 3.05) is 35.5 Å². The van der Waals surface area contributed by atoms with Crippen LogP contribution in [0.25, 0.3) is 10.8 Å². The molecule has 0 unspecified atom stereocenters. The number of sulfonamides is 2. The minimum Gasteiger partial charge on any atom is -0.325 e. The first-order valence-electron chi connectivity index (χ1n) is 11.0. The van der Waals surface area contributed by atoms with Gasteiger partial charge in [0, 0.05) is 24.2 Å². The fourth-order valence-corrected chi connectivity index (χ4v) is 6.49. The Hall–Kier alpha value is -2.95. The summed E-state index contributed by atoms with van der Waals surface area (Å²) in [4.78, 5) is 12.9. The van der Waals surface area contributed by atoms with Crippen molar-refractivity contribution in [1.82, 2.24) is 4.31 Å². The van der Waals surface area contributed by atoms with Crippen molar-refractivity contribution in [1.29, 1.82) is 0 Å². The van der Waals surface area contributed by atoms with Gasteiger partial charge in [-0.15, -0.1) is 0 Å². The highest BCUT2D eigenvalue weighted by atomic mass is 32.2. The maximum absolute atomic E-state index is 12.8. The Balaban J connectivity index is 1.51. The highest BCUT2D eigenvalue weighted by Crippen LogP contribution is 2.28. The van der Waals surface area contributed by atoms with Crippen LogP contribution in [0.3, 0.4) is 0 Å². The van der Waals surface area contributed by atoms with E-state index in [1.807, 2.05) is 30.3 Å². The van der Waals surface area contributed by atoms with E-state index in [0.717, 1.165) is 40.6 Å². The number of hydrogen-bond acceptors (Lipinski definition) is 5. The van der Waals surface area contributed by atoms with Crippen molar-refractivity contribution < 1.29 is 21.6 Å². The van der Waals surface area contributed by atoms with Gasteiger partial charge in [-0.25, -0.2) is 16.8 Å². The molecule has 1 amide bonds. The van der Waals surface area contributed by atoms with Gasteiger partial charge in [0.05, 0.1) is 16.8 Å². The zero-order valence-electron chi connectivity index (χ0n) is 18.8. The first-order valence-corrected chi connectivity index (χ1v) is 14.3. The Kier molecular flexibility index (Phi) is 6.92. The van der Waals surface area contributed by atoms with Crippen molar-refractivity contribution in [2.45, 2.75) is 24.2 Å². The summed E-state index contributed by atoms with van der Waals surface area (Å²) in [5.74, 6) is -0.537. The number of anilines is 2. The molecule has 1 N–H and O–H groups in total. The highest BCUT2D eigenvalue weighted by molar-refractivity contribution is 7.92. The van der Waals surface area contributed by atoms with Crippen LogP contribution in [0.15, 0.2) is 71.6 Å². The Morgan fingerprint density at radius 1 is 0.882 bits per heavy atom. The molecule has 1 saturated heterocycles. The summed E-state index contributed by atoms with van der Waals surface area (Å²) >= 11 is 0. The first-order chi connectivity index (χ1) is 16.2. The Bertz CT molecular complexity index is 1390. The van der Waals surface area contributed by atoms with E-state index in [0.29, 0.717) is 24.5 Å². The van der Waals surface area contributed by atoms with E-state index >= 15 is 0 Å². The quantitative estimate of drug-likeness (QED) is 0.534. The van der Waals surface area contributed by atoms with Crippen LogP contribution in [0.4, 0.5) is 11.4 Å². The third-order valence-electron chi connectivity index (χ3n) is 5.81. The minimum absolute atomic E-state index is 0.168. The number of carbonyl (C=O) groups excluding carboxylic acids is 1. The van der Waals surface area contributed by atoms with E-state index < -0.39 is 32.5 Å². The second kappa shape index (κ2) is 9.73. The number of fused-ring (bicyclic) bond motifs is 1. The first kappa shape index (κ1) is 24.2. The van der Waals surface area contributed by atoms with Crippen LogP contribution in [0, 0.1) is 0 Å². The van der Waals surface area contributed by atoms with Crippen molar-refractivity contribution in [3.8, 4) is 0 Å². The smallest absolute Gasteiger partial charge is 0.245 e. The average Bonchev–Trinajstić information content (AvgIpc) is 2.82. The number of hydrogen-bond donors (Lipinski definition) is 1. The molecule has 0 radical (unpaired) electrons. The molecular formula is C24H27N3O5S2. The lowest BCUT2D eigenvalue weighted by Gasteiger charge is -2.26. The van der Waals surface area contributed by atoms with Crippen molar-refractivity contribution >= 4 is 48.1 Å². The average molecular weight is 502 g/mol. The maximum Gasteiger partial charge on any atom is 0.245 e. The van der Waals surface area contributed by atoms with E-state index in [-0.39, 0.29) is 4.90 Å². The van der Waals surface area contributed by atoms with Crippen molar-refractivity contribution in [3.63, 3.8) is 0 Å². The van der Waals surface area contributed by atoms with Gasteiger partial charge in [0.1, 0.15) is 6.54 Å². The predicted molar refractivity (Wildman–Crippen MR) is 134 cm³/mol. The molecule has 1 aliphatic rings. The number of nitrogens with one attached hydrogen (secondary N) is 1. The van der Waals surface area contributed by atoms with Gasteiger partial charge < -0.3 is 5.32 Å². The molecule has 8 nitrogen and oxygen atoms in total. The monoisotopic (exact) mass is 501 g/mol. The summed E-state index contributed by atoms with van der Waals surface area (Å²) in [6.45, 7) is 0.604. The molecule has 3 aromatic carbocycles. The summed E-state index contributed by atoms with van der Waals surface area (Å²) < 4.78 is 53.3. The summed E-state index contributed by atoms with van der Waals surface area (Å²) in [5, 5.41) is 4.25. The Labute approximate surface area is 200 Å². The Morgan fingerprint density at radius 3 is 2.21 bits per heavy atom. The van der Waals surface area contributed by atoms with E-state index in [4.69, 9.17) is 0 Å². The number of rotatable bonds is 7. The second-order valence-corrected chi connectivity index (χ2v) is 12.1. The number of nitrogens with zero attached hydrogens (tertiary/aromatic N) is 2. The molecule has 0 aromatic heterocycles. The summed E-state index contributed by atoms with van der Waals surface area (Å²) in [6.07, 6.45) is 3.78. The molecular weight excluding hydrogens is 474 g/mol. The third kappa shape index (κ3) is 5.24. The van der Waals surface area contributed by atoms with Gasteiger partial charge in [0.25, 0.3) is 0 Å². The van der Waals surface area contributed by atoms with Gasteiger partial charge in [-0.1, -0.05) is 42.8 Å². The molecule has 0 saturated carbocycles. The zero-order valence-corrected chi connectivity index (χ0v) is 20.5. The van der Waals surface area contributed by atoms with Gasteiger partial charge in [-0.3, -0.25) is 9.10 Å². The van der Waals surface area contributed by atoms with Crippen molar-refractivity contribution in [2.24, 2.45) is 0 Å². The van der Waals surface area contributed by atoms with Crippen LogP contribution in [-0.4, -0.2) is 52.9 Å².